The number of hydrogen-bond donors (Lipinski definition) is 2. The normalized spacial score (nSPS) is 10.6. The van der Waals surface area contributed by atoms with Crippen molar-refractivity contribution in [2.75, 3.05) is 31.2 Å². The number of nitrogens with one attached hydrogen (secondary N) is 2. The summed E-state index contributed by atoms with van der Waals surface area (Å²) in [5.41, 5.74) is 1.10. The summed E-state index contributed by atoms with van der Waals surface area (Å²) in [6, 6.07) is 8.04. The van der Waals surface area contributed by atoms with Crippen molar-refractivity contribution >= 4 is 41.7 Å². The molecule has 0 aliphatic heterocycles. The topological polar surface area (TPSA) is 45.7 Å². The van der Waals surface area contributed by atoms with Crippen molar-refractivity contribution in [1.82, 2.24) is 10.6 Å². The highest BCUT2D eigenvalue weighted by atomic mass is 127. The van der Waals surface area contributed by atoms with Crippen LogP contribution in [0.4, 0.5) is 0 Å². The number of rotatable bonds is 10. The smallest absolute Gasteiger partial charge is 0.191 e. The fourth-order valence-electron chi connectivity index (χ4n) is 1.85. The maximum absolute atomic E-state index is 5.63. The molecule has 0 amide bonds. The van der Waals surface area contributed by atoms with Crippen LogP contribution in [-0.2, 0) is 6.54 Å². The van der Waals surface area contributed by atoms with E-state index in [0.717, 1.165) is 41.9 Å². The van der Waals surface area contributed by atoms with Crippen LogP contribution in [0.2, 0.25) is 0 Å². The van der Waals surface area contributed by atoms with E-state index in [2.05, 4.69) is 35.2 Å². The Bertz CT molecular complexity index is 469. The molecule has 1 rings (SSSR count). The lowest BCUT2D eigenvalue weighted by atomic mass is 10.2. The Morgan fingerprint density at radius 3 is 2.78 bits per heavy atom. The molecule has 0 aromatic heterocycles. The van der Waals surface area contributed by atoms with Gasteiger partial charge in [0, 0.05) is 30.2 Å². The third-order valence-electron chi connectivity index (χ3n) is 2.80. The van der Waals surface area contributed by atoms with E-state index in [0.29, 0.717) is 13.2 Å². The molecular weight excluding hydrogens is 421 g/mol. The monoisotopic (exact) mass is 449 g/mol. The molecule has 1 aromatic carbocycles. The van der Waals surface area contributed by atoms with Crippen LogP contribution >= 0.6 is 35.7 Å². The van der Waals surface area contributed by atoms with E-state index in [1.807, 2.05) is 43.0 Å². The van der Waals surface area contributed by atoms with Crippen LogP contribution in [0.3, 0.4) is 0 Å². The largest absolute Gasteiger partial charge is 0.494 e. The Balaban J connectivity index is 0.00000484. The van der Waals surface area contributed by atoms with E-state index in [1.54, 1.807) is 0 Å². The number of guanidine groups is 1. The Morgan fingerprint density at radius 2 is 2.09 bits per heavy atom. The molecule has 0 heterocycles. The predicted molar refractivity (Wildman–Crippen MR) is 113 cm³/mol. The van der Waals surface area contributed by atoms with Gasteiger partial charge in [-0.25, -0.2) is 4.99 Å². The molecule has 1 aromatic rings. The zero-order valence-electron chi connectivity index (χ0n) is 14.0. The number of benzene rings is 1. The highest BCUT2D eigenvalue weighted by Gasteiger charge is 2.02. The highest BCUT2D eigenvalue weighted by molar-refractivity contribution is 14.0. The zero-order chi connectivity index (χ0) is 16.0. The lowest BCUT2D eigenvalue weighted by Crippen LogP contribution is -2.38. The van der Waals surface area contributed by atoms with Gasteiger partial charge >= 0.3 is 0 Å². The third-order valence-corrected chi connectivity index (χ3v) is 3.76. The van der Waals surface area contributed by atoms with Gasteiger partial charge in [0.1, 0.15) is 5.75 Å². The number of ether oxygens (including phenoxy) is 1. The van der Waals surface area contributed by atoms with Gasteiger partial charge in [0.25, 0.3) is 0 Å². The highest BCUT2D eigenvalue weighted by Crippen LogP contribution is 2.18. The van der Waals surface area contributed by atoms with Crippen molar-refractivity contribution in [3.8, 4) is 5.75 Å². The van der Waals surface area contributed by atoms with Crippen molar-refractivity contribution in [1.29, 1.82) is 0 Å². The van der Waals surface area contributed by atoms with E-state index in [1.165, 1.54) is 0 Å². The molecule has 0 aliphatic carbocycles. The Hall–Kier alpha value is -0.890. The van der Waals surface area contributed by atoms with Crippen LogP contribution in [0.5, 0.6) is 5.75 Å². The van der Waals surface area contributed by atoms with Crippen molar-refractivity contribution in [2.45, 2.75) is 20.4 Å². The average Bonchev–Trinajstić information content (AvgIpc) is 2.54. The molecular formula is C17H28IN3OS. The van der Waals surface area contributed by atoms with Crippen molar-refractivity contribution < 1.29 is 4.74 Å². The quantitative estimate of drug-likeness (QED) is 0.188. The molecule has 0 fully saturated rings. The number of nitrogens with zero attached hydrogens (tertiary/aromatic N) is 1. The van der Waals surface area contributed by atoms with Crippen LogP contribution in [0, 0.1) is 0 Å². The van der Waals surface area contributed by atoms with Crippen LogP contribution in [0.1, 0.15) is 19.4 Å². The van der Waals surface area contributed by atoms with Crippen molar-refractivity contribution in [2.24, 2.45) is 4.99 Å². The molecule has 0 unspecified atom stereocenters. The SMILES string of the molecule is C=CCSCCNC(=NCc1ccccc1OCC)NCC.I. The van der Waals surface area contributed by atoms with Gasteiger partial charge in [-0.15, -0.1) is 30.6 Å². The van der Waals surface area contributed by atoms with Gasteiger partial charge < -0.3 is 15.4 Å². The van der Waals surface area contributed by atoms with Gasteiger partial charge in [0.2, 0.25) is 0 Å². The summed E-state index contributed by atoms with van der Waals surface area (Å²) < 4.78 is 5.63. The summed E-state index contributed by atoms with van der Waals surface area (Å²) in [6.45, 7) is 10.8. The Morgan fingerprint density at radius 1 is 1.30 bits per heavy atom. The number of hydrogen-bond acceptors (Lipinski definition) is 3. The lowest BCUT2D eigenvalue weighted by Gasteiger charge is -2.12. The molecule has 6 heteroatoms. The Kier molecular flexibility index (Phi) is 14.1. The first-order valence-corrected chi connectivity index (χ1v) is 8.88. The number of aliphatic imine (C=N–C) groups is 1. The first kappa shape index (κ1) is 22.1. The second kappa shape index (κ2) is 14.7. The van der Waals surface area contributed by atoms with Crippen LogP contribution in [0.15, 0.2) is 41.9 Å². The van der Waals surface area contributed by atoms with Gasteiger partial charge in [-0.2, -0.15) is 11.8 Å². The van der Waals surface area contributed by atoms with Gasteiger partial charge in [0.05, 0.1) is 13.2 Å². The maximum Gasteiger partial charge on any atom is 0.191 e. The molecule has 2 N–H and O–H groups in total. The van der Waals surface area contributed by atoms with E-state index < -0.39 is 0 Å². The van der Waals surface area contributed by atoms with Crippen LogP contribution in [-0.4, -0.2) is 37.2 Å². The first-order chi connectivity index (χ1) is 10.8. The van der Waals surface area contributed by atoms with Gasteiger partial charge in [-0.05, 0) is 19.9 Å². The fourth-order valence-corrected chi connectivity index (χ4v) is 2.42. The molecule has 130 valence electrons. The summed E-state index contributed by atoms with van der Waals surface area (Å²) in [7, 11) is 0. The molecule has 0 radical (unpaired) electrons. The van der Waals surface area contributed by atoms with Crippen molar-refractivity contribution in [3.63, 3.8) is 0 Å². The second-order valence-corrected chi connectivity index (χ2v) is 5.68. The summed E-state index contributed by atoms with van der Waals surface area (Å²) in [4.78, 5) is 4.63. The number of halogens is 1. The molecule has 23 heavy (non-hydrogen) atoms. The lowest BCUT2D eigenvalue weighted by molar-refractivity contribution is 0.336. The average molecular weight is 449 g/mol. The Labute approximate surface area is 161 Å². The van der Waals surface area contributed by atoms with Gasteiger partial charge in [0.15, 0.2) is 5.96 Å². The molecule has 0 bridgehead atoms. The predicted octanol–water partition coefficient (Wildman–Crippen LogP) is 3.68. The zero-order valence-corrected chi connectivity index (χ0v) is 17.2. The summed E-state index contributed by atoms with van der Waals surface area (Å²) >= 11 is 1.85. The number of thioether (sulfide) groups is 1. The fraction of sp³-hybridized carbons (Fsp3) is 0.471. The van der Waals surface area contributed by atoms with Crippen LogP contribution < -0.4 is 15.4 Å². The minimum atomic E-state index is 0. The summed E-state index contributed by atoms with van der Waals surface area (Å²) in [5, 5.41) is 6.61. The van der Waals surface area contributed by atoms with Crippen LogP contribution in [0.25, 0.3) is 0 Å². The van der Waals surface area contributed by atoms with E-state index in [9.17, 15) is 0 Å². The van der Waals surface area contributed by atoms with E-state index in [-0.39, 0.29) is 24.0 Å². The minimum Gasteiger partial charge on any atom is -0.494 e. The third kappa shape index (κ3) is 9.76. The summed E-state index contributed by atoms with van der Waals surface area (Å²) in [6.07, 6.45) is 1.93. The maximum atomic E-state index is 5.63. The first-order valence-electron chi connectivity index (χ1n) is 7.73. The number of para-hydroxylation sites is 1. The molecule has 0 spiro atoms. The minimum absolute atomic E-state index is 0. The van der Waals surface area contributed by atoms with Gasteiger partial charge in [-0.3, -0.25) is 0 Å². The molecule has 0 saturated carbocycles. The van der Waals surface area contributed by atoms with Crippen molar-refractivity contribution in [3.05, 3.63) is 42.5 Å². The molecule has 0 aliphatic rings. The standard InChI is InChI=1S/C17H27N3OS.HI/c1-4-12-22-13-11-19-17(18-5-2)20-14-15-9-7-8-10-16(15)21-6-3;/h4,7-10H,1,5-6,11-14H2,2-3H3,(H2,18,19,20);1H. The van der Waals surface area contributed by atoms with Gasteiger partial charge in [-0.1, -0.05) is 24.3 Å². The molecule has 4 nitrogen and oxygen atoms in total. The van der Waals surface area contributed by atoms with E-state index >= 15 is 0 Å². The molecule has 0 saturated heterocycles. The second-order valence-electron chi connectivity index (χ2n) is 4.53. The van der Waals surface area contributed by atoms with E-state index in [4.69, 9.17) is 4.74 Å². The summed E-state index contributed by atoms with van der Waals surface area (Å²) in [5.74, 6) is 3.77. The molecule has 0 atom stereocenters.